The van der Waals surface area contributed by atoms with Crippen molar-refractivity contribution in [2.75, 3.05) is 14.1 Å². The van der Waals surface area contributed by atoms with Crippen molar-refractivity contribution in [3.63, 3.8) is 0 Å². The first-order valence-electron chi connectivity index (χ1n) is 4.83. The van der Waals surface area contributed by atoms with Crippen molar-refractivity contribution < 1.29 is 9.90 Å². The molecule has 0 bridgehead atoms. The number of hydrogen-bond acceptors (Lipinski definition) is 2. The van der Waals surface area contributed by atoms with Crippen LogP contribution in [0.25, 0.3) is 6.08 Å². The smallest absolute Gasteiger partial charge is 0.328 e. The second-order valence-corrected chi connectivity index (χ2v) is 4.17. The second kappa shape index (κ2) is 5.68. The van der Waals surface area contributed by atoms with Gasteiger partial charge in [0.1, 0.15) is 0 Å². The van der Waals surface area contributed by atoms with Gasteiger partial charge in [-0.25, -0.2) is 4.79 Å². The molecular weight excluding hydrogens is 226 g/mol. The van der Waals surface area contributed by atoms with Crippen molar-refractivity contribution in [1.82, 2.24) is 4.90 Å². The topological polar surface area (TPSA) is 40.5 Å². The molecule has 0 aliphatic heterocycles. The number of benzene rings is 1. The maximum Gasteiger partial charge on any atom is 0.328 e. The molecule has 1 aromatic carbocycles. The molecule has 0 atom stereocenters. The van der Waals surface area contributed by atoms with E-state index in [1.807, 2.05) is 31.1 Å². The lowest BCUT2D eigenvalue weighted by atomic mass is 10.1. The molecule has 3 nitrogen and oxygen atoms in total. The van der Waals surface area contributed by atoms with Crippen LogP contribution >= 0.6 is 11.6 Å². The quantitative estimate of drug-likeness (QED) is 0.821. The molecular formula is C12H14ClNO2. The first-order valence-corrected chi connectivity index (χ1v) is 5.21. The van der Waals surface area contributed by atoms with Crippen LogP contribution in [-0.2, 0) is 11.3 Å². The molecule has 1 N–H and O–H groups in total. The zero-order valence-electron chi connectivity index (χ0n) is 9.27. The van der Waals surface area contributed by atoms with Crippen LogP contribution in [0, 0.1) is 0 Å². The number of carboxylic acid groups (broad SMARTS) is 1. The summed E-state index contributed by atoms with van der Waals surface area (Å²) in [6, 6.07) is 5.60. The van der Waals surface area contributed by atoms with E-state index in [0.717, 1.165) is 23.7 Å². The molecule has 4 heteroatoms. The maximum atomic E-state index is 10.4. The lowest BCUT2D eigenvalue weighted by Gasteiger charge is -2.10. The molecule has 0 spiro atoms. The van der Waals surface area contributed by atoms with Crippen molar-refractivity contribution in [2.24, 2.45) is 0 Å². The van der Waals surface area contributed by atoms with Crippen molar-refractivity contribution in [2.45, 2.75) is 6.54 Å². The molecule has 0 heterocycles. The standard InChI is InChI=1S/C12H14ClNO2/c1-14(2)8-9-3-5-11(13)10(7-9)4-6-12(15)16/h3-7H,8H2,1-2H3,(H,15,16)/b6-4+. The largest absolute Gasteiger partial charge is 0.478 e. The summed E-state index contributed by atoms with van der Waals surface area (Å²) in [6.45, 7) is 0.797. The Morgan fingerprint density at radius 2 is 2.19 bits per heavy atom. The molecule has 0 amide bonds. The summed E-state index contributed by atoms with van der Waals surface area (Å²) >= 11 is 5.96. The highest BCUT2D eigenvalue weighted by atomic mass is 35.5. The Hall–Kier alpha value is -1.32. The molecule has 1 rings (SSSR count). The summed E-state index contributed by atoms with van der Waals surface area (Å²) in [7, 11) is 3.95. The fourth-order valence-electron chi connectivity index (χ4n) is 1.35. The number of aliphatic carboxylic acids is 1. The molecule has 86 valence electrons. The van der Waals surface area contributed by atoms with E-state index < -0.39 is 5.97 Å². The Morgan fingerprint density at radius 1 is 1.50 bits per heavy atom. The highest BCUT2D eigenvalue weighted by molar-refractivity contribution is 6.32. The molecule has 0 unspecified atom stereocenters. The Kier molecular flexibility index (Phi) is 4.52. The van der Waals surface area contributed by atoms with Crippen molar-refractivity contribution in [3.8, 4) is 0 Å². The van der Waals surface area contributed by atoms with Gasteiger partial charge in [-0.05, 0) is 43.4 Å². The van der Waals surface area contributed by atoms with Gasteiger partial charge in [0.15, 0.2) is 0 Å². The van der Waals surface area contributed by atoms with Gasteiger partial charge in [-0.1, -0.05) is 17.7 Å². The van der Waals surface area contributed by atoms with Gasteiger partial charge < -0.3 is 10.0 Å². The molecule has 0 fully saturated rings. The normalized spacial score (nSPS) is 11.2. The fourth-order valence-corrected chi connectivity index (χ4v) is 1.53. The number of hydrogen-bond donors (Lipinski definition) is 1. The van der Waals surface area contributed by atoms with E-state index in [0.29, 0.717) is 5.02 Å². The van der Waals surface area contributed by atoms with E-state index >= 15 is 0 Å². The van der Waals surface area contributed by atoms with Crippen LogP contribution in [0.5, 0.6) is 0 Å². The molecule has 0 aliphatic carbocycles. The van der Waals surface area contributed by atoms with E-state index in [4.69, 9.17) is 16.7 Å². The predicted molar refractivity (Wildman–Crippen MR) is 65.5 cm³/mol. The average Bonchev–Trinajstić information content (AvgIpc) is 2.18. The minimum atomic E-state index is -0.978. The lowest BCUT2D eigenvalue weighted by molar-refractivity contribution is -0.131. The SMILES string of the molecule is CN(C)Cc1ccc(Cl)c(/C=C/C(=O)O)c1. The predicted octanol–water partition coefficient (Wildman–Crippen LogP) is 2.50. The summed E-state index contributed by atoms with van der Waals surface area (Å²) in [5, 5.41) is 9.10. The monoisotopic (exact) mass is 239 g/mol. The van der Waals surface area contributed by atoms with Gasteiger partial charge in [-0.2, -0.15) is 0 Å². The third kappa shape index (κ3) is 4.04. The third-order valence-electron chi connectivity index (χ3n) is 1.96. The molecule has 0 saturated carbocycles. The van der Waals surface area contributed by atoms with Crippen LogP contribution in [0.15, 0.2) is 24.3 Å². The molecule has 0 saturated heterocycles. The van der Waals surface area contributed by atoms with Crippen molar-refractivity contribution >= 4 is 23.6 Å². The summed E-state index contributed by atoms with van der Waals surface area (Å²) in [4.78, 5) is 12.4. The Bertz CT molecular complexity index is 413. The van der Waals surface area contributed by atoms with Crippen molar-refractivity contribution in [1.29, 1.82) is 0 Å². The van der Waals surface area contributed by atoms with E-state index in [9.17, 15) is 4.79 Å². The van der Waals surface area contributed by atoms with Gasteiger partial charge in [0, 0.05) is 17.6 Å². The Morgan fingerprint density at radius 3 is 2.75 bits per heavy atom. The van der Waals surface area contributed by atoms with Gasteiger partial charge in [-0.3, -0.25) is 0 Å². The summed E-state index contributed by atoms with van der Waals surface area (Å²) in [5.74, 6) is -0.978. The van der Waals surface area contributed by atoms with E-state index in [-0.39, 0.29) is 0 Å². The number of carboxylic acids is 1. The Labute approximate surface area is 100.0 Å². The zero-order chi connectivity index (χ0) is 12.1. The van der Waals surface area contributed by atoms with Crippen molar-refractivity contribution in [3.05, 3.63) is 40.4 Å². The van der Waals surface area contributed by atoms with Gasteiger partial charge in [0.25, 0.3) is 0 Å². The summed E-state index contributed by atoms with van der Waals surface area (Å²) < 4.78 is 0. The summed E-state index contributed by atoms with van der Waals surface area (Å²) in [6.07, 6.45) is 2.59. The van der Waals surface area contributed by atoms with E-state index in [1.54, 1.807) is 6.07 Å². The molecule has 16 heavy (non-hydrogen) atoms. The number of halogens is 1. The first-order chi connectivity index (χ1) is 7.49. The second-order valence-electron chi connectivity index (χ2n) is 3.77. The molecule has 0 aromatic heterocycles. The molecule has 0 radical (unpaired) electrons. The van der Waals surface area contributed by atoms with Crippen LogP contribution in [0.1, 0.15) is 11.1 Å². The van der Waals surface area contributed by atoms with Gasteiger partial charge in [0.05, 0.1) is 0 Å². The maximum absolute atomic E-state index is 10.4. The number of carbonyl (C=O) groups is 1. The van der Waals surface area contributed by atoms with Crippen LogP contribution in [-0.4, -0.2) is 30.1 Å². The van der Waals surface area contributed by atoms with Crippen LogP contribution in [0.2, 0.25) is 5.02 Å². The van der Waals surface area contributed by atoms with E-state index in [2.05, 4.69) is 0 Å². The van der Waals surface area contributed by atoms with Crippen LogP contribution in [0.3, 0.4) is 0 Å². The third-order valence-corrected chi connectivity index (χ3v) is 2.31. The highest BCUT2D eigenvalue weighted by Gasteiger charge is 2.01. The zero-order valence-corrected chi connectivity index (χ0v) is 10.0. The van der Waals surface area contributed by atoms with Crippen LogP contribution in [0.4, 0.5) is 0 Å². The lowest BCUT2D eigenvalue weighted by Crippen LogP contribution is -2.10. The average molecular weight is 240 g/mol. The number of nitrogens with zero attached hydrogens (tertiary/aromatic N) is 1. The minimum absolute atomic E-state index is 0.556. The molecule has 1 aromatic rings. The first kappa shape index (κ1) is 12.7. The molecule has 0 aliphatic rings. The fraction of sp³-hybridized carbons (Fsp3) is 0.250. The number of rotatable bonds is 4. The van der Waals surface area contributed by atoms with Gasteiger partial charge in [0.2, 0.25) is 0 Å². The highest BCUT2D eigenvalue weighted by Crippen LogP contribution is 2.19. The summed E-state index contributed by atoms with van der Waals surface area (Å²) in [5.41, 5.74) is 1.82. The van der Waals surface area contributed by atoms with Gasteiger partial charge >= 0.3 is 5.97 Å². The Balaban J connectivity index is 2.94. The van der Waals surface area contributed by atoms with Crippen LogP contribution < -0.4 is 0 Å². The van der Waals surface area contributed by atoms with E-state index in [1.165, 1.54) is 6.08 Å². The van der Waals surface area contributed by atoms with Gasteiger partial charge in [-0.15, -0.1) is 0 Å². The minimum Gasteiger partial charge on any atom is -0.478 e.